The number of halogens is 1. The van der Waals surface area contributed by atoms with Crippen LogP contribution < -0.4 is 5.32 Å². The third kappa shape index (κ3) is 2.72. The summed E-state index contributed by atoms with van der Waals surface area (Å²) in [6.45, 7) is 7.72. The Hall–Kier alpha value is -0.640. The lowest BCUT2D eigenvalue weighted by Gasteiger charge is -2.51. The van der Waals surface area contributed by atoms with E-state index in [1.54, 1.807) is 6.20 Å². The topological polar surface area (TPSA) is 28.2 Å². The SMILES string of the molecule is CC1(C)CNC2(CCCC2)CN1Cc1ccncc1Cl. The molecule has 110 valence electrons. The Morgan fingerprint density at radius 1 is 1.35 bits per heavy atom. The predicted molar refractivity (Wildman–Crippen MR) is 82.9 cm³/mol. The summed E-state index contributed by atoms with van der Waals surface area (Å²) in [6, 6.07) is 2.04. The number of hydrogen-bond donors (Lipinski definition) is 1. The first kappa shape index (κ1) is 14.3. The molecule has 1 spiro atoms. The predicted octanol–water partition coefficient (Wildman–Crippen LogP) is 3.23. The van der Waals surface area contributed by atoms with Gasteiger partial charge >= 0.3 is 0 Å². The second kappa shape index (κ2) is 5.28. The average Bonchev–Trinajstić information content (AvgIpc) is 2.86. The van der Waals surface area contributed by atoms with E-state index in [0.29, 0.717) is 5.54 Å². The summed E-state index contributed by atoms with van der Waals surface area (Å²) in [5.74, 6) is 0. The number of aromatic nitrogens is 1. The molecule has 2 aliphatic rings. The normalized spacial score (nSPS) is 25.1. The molecule has 4 heteroatoms. The number of nitrogens with one attached hydrogen (secondary N) is 1. The Morgan fingerprint density at radius 2 is 2.10 bits per heavy atom. The van der Waals surface area contributed by atoms with Crippen LogP contribution in [0.3, 0.4) is 0 Å². The average molecular weight is 294 g/mol. The van der Waals surface area contributed by atoms with Gasteiger partial charge in [-0.1, -0.05) is 24.4 Å². The summed E-state index contributed by atoms with van der Waals surface area (Å²) in [6.07, 6.45) is 8.92. The lowest BCUT2D eigenvalue weighted by Crippen LogP contribution is -2.66. The Morgan fingerprint density at radius 3 is 2.80 bits per heavy atom. The minimum Gasteiger partial charge on any atom is -0.308 e. The summed E-state index contributed by atoms with van der Waals surface area (Å²) in [5.41, 5.74) is 1.69. The molecule has 2 heterocycles. The van der Waals surface area contributed by atoms with E-state index in [2.05, 4.69) is 29.0 Å². The minimum absolute atomic E-state index is 0.167. The van der Waals surface area contributed by atoms with Crippen LogP contribution in [0.15, 0.2) is 18.5 Å². The van der Waals surface area contributed by atoms with Crippen LogP contribution in [0.4, 0.5) is 0 Å². The molecule has 1 aromatic rings. The number of hydrogen-bond acceptors (Lipinski definition) is 3. The summed E-state index contributed by atoms with van der Waals surface area (Å²) in [7, 11) is 0. The van der Waals surface area contributed by atoms with Crippen molar-refractivity contribution in [3.8, 4) is 0 Å². The molecule has 0 radical (unpaired) electrons. The van der Waals surface area contributed by atoms with Gasteiger partial charge < -0.3 is 5.32 Å². The van der Waals surface area contributed by atoms with Crippen molar-refractivity contribution in [2.45, 2.75) is 57.2 Å². The quantitative estimate of drug-likeness (QED) is 0.907. The fourth-order valence-electron chi connectivity index (χ4n) is 3.55. The van der Waals surface area contributed by atoms with Crippen LogP contribution in [0.2, 0.25) is 5.02 Å². The van der Waals surface area contributed by atoms with Crippen LogP contribution >= 0.6 is 11.6 Å². The molecule has 3 nitrogen and oxygen atoms in total. The molecule has 1 saturated carbocycles. The van der Waals surface area contributed by atoms with E-state index in [4.69, 9.17) is 11.6 Å². The maximum Gasteiger partial charge on any atom is 0.0634 e. The van der Waals surface area contributed by atoms with E-state index < -0.39 is 0 Å². The smallest absolute Gasteiger partial charge is 0.0634 e. The Kier molecular flexibility index (Phi) is 3.78. The lowest BCUT2D eigenvalue weighted by atomic mass is 9.87. The molecule has 2 fully saturated rings. The molecule has 0 aromatic carbocycles. The second-order valence-electron chi connectivity index (χ2n) is 6.98. The van der Waals surface area contributed by atoms with Crippen molar-refractivity contribution in [2.75, 3.05) is 13.1 Å². The van der Waals surface area contributed by atoms with Crippen LogP contribution in [0.25, 0.3) is 0 Å². The van der Waals surface area contributed by atoms with Gasteiger partial charge in [0.1, 0.15) is 0 Å². The van der Waals surface area contributed by atoms with Crippen LogP contribution in [-0.2, 0) is 6.54 Å². The third-order valence-corrected chi connectivity index (χ3v) is 5.36. The monoisotopic (exact) mass is 293 g/mol. The zero-order valence-corrected chi connectivity index (χ0v) is 13.2. The van der Waals surface area contributed by atoms with Gasteiger partial charge in [-0.3, -0.25) is 9.88 Å². The van der Waals surface area contributed by atoms with Crippen LogP contribution in [0.5, 0.6) is 0 Å². The van der Waals surface area contributed by atoms with Crippen molar-refractivity contribution in [1.82, 2.24) is 15.2 Å². The van der Waals surface area contributed by atoms with Crippen LogP contribution in [0.1, 0.15) is 45.1 Å². The molecule has 20 heavy (non-hydrogen) atoms. The Bertz CT molecular complexity index is 480. The molecule has 0 amide bonds. The molecule has 3 rings (SSSR count). The van der Waals surface area contributed by atoms with Crippen LogP contribution in [-0.4, -0.2) is 34.1 Å². The minimum atomic E-state index is 0.167. The van der Waals surface area contributed by atoms with Crippen molar-refractivity contribution in [3.05, 3.63) is 29.0 Å². The highest BCUT2D eigenvalue weighted by Crippen LogP contribution is 2.36. The highest BCUT2D eigenvalue weighted by atomic mass is 35.5. The largest absolute Gasteiger partial charge is 0.308 e. The van der Waals surface area contributed by atoms with Gasteiger partial charge in [-0.2, -0.15) is 0 Å². The maximum atomic E-state index is 6.28. The molecule has 1 aliphatic heterocycles. The van der Waals surface area contributed by atoms with Crippen molar-refractivity contribution in [2.24, 2.45) is 0 Å². The van der Waals surface area contributed by atoms with Gasteiger partial charge in [-0.25, -0.2) is 0 Å². The number of pyridine rings is 1. The second-order valence-corrected chi connectivity index (χ2v) is 7.38. The summed E-state index contributed by atoms with van der Waals surface area (Å²) < 4.78 is 0. The van der Waals surface area contributed by atoms with Crippen molar-refractivity contribution in [3.63, 3.8) is 0 Å². The first-order chi connectivity index (χ1) is 9.51. The molecule has 0 unspecified atom stereocenters. The van der Waals surface area contributed by atoms with E-state index in [0.717, 1.165) is 24.7 Å². The molecule has 0 atom stereocenters. The van der Waals surface area contributed by atoms with Gasteiger partial charge in [0, 0.05) is 43.1 Å². The van der Waals surface area contributed by atoms with Crippen molar-refractivity contribution in [1.29, 1.82) is 0 Å². The Labute approximate surface area is 126 Å². The number of piperazine rings is 1. The van der Waals surface area contributed by atoms with E-state index in [1.165, 1.54) is 31.2 Å². The molecule has 0 bridgehead atoms. The highest BCUT2D eigenvalue weighted by molar-refractivity contribution is 6.31. The fourth-order valence-corrected chi connectivity index (χ4v) is 3.72. The first-order valence-electron chi connectivity index (χ1n) is 7.59. The molecule has 1 aromatic heterocycles. The van der Waals surface area contributed by atoms with E-state index in [9.17, 15) is 0 Å². The van der Waals surface area contributed by atoms with Crippen LogP contribution in [0, 0.1) is 0 Å². The van der Waals surface area contributed by atoms with Gasteiger partial charge in [0.2, 0.25) is 0 Å². The number of rotatable bonds is 2. The first-order valence-corrected chi connectivity index (χ1v) is 7.97. The van der Waals surface area contributed by atoms with Gasteiger partial charge in [0.05, 0.1) is 5.02 Å². The number of nitrogens with zero attached hydrogens (tertiary/aromatic N) is 2. The zero-order chi connectivity index (χ0) is 14.2. The molecular formula is C16H24ClN3. The third-order valence-electron chi connectivity index (χ3n) is 5.02. The summed E-state index contributed by atoms with van der Waals surface area (Å²) >= 11 is 6.28. The van der Waals surface area contributed by atoms with E-state index >= 15 is 0 Å². The van der Waals surface area contributed by atoms with Gasteiger partial charge in [0.25, 0.3) is 0 Å². The standard InChI is InChI=1S/C16H24ClN3/c1-15(2)11-19-16(6-3-4-7-16)12-20(15)10-13-5-8-18-9-14(13)17/h5,8-9,19H,3-4,6-7,10-12H2,1-2H3. The molecule has 1 saturated heterocycles. The molecule has 1 aliphatic carbocycles. The van der Waals surface area contributed by atoms with Crippen molar-refractivity contribution >= 4 is 11.6 Å². The highest BCUT2D eigenvalue weighted by Gasteiger charge is 2.44. The van der Waals surface area contributed by atoms with E-state index in [1.807, 2.05) is 12.3 Å². The summed E-state index contributed by atoms with van der Waals surface area (Å²) in [4.78, 5) is 6.68. The summed E-state index contributed by atoms with van der Waals surface area (Å²) in [5, 5.41) is 4.61. The van der Waals surface area contributed by atoms with Gasteiger partial charge in [0.15, 0.2) is 0 Å². The zero-order valence-electron chi connectivity index (χ0n) is 12.5. The molecular weight excluding hydrogens is 270 g/mol. The lowest BCUT2D eigenvalue weighted by molar-refractivity contribution is 0.0217. The fraction of sp³-hybridized carbons (Fsp3) is 0.688. The maximum absolute atomic E-state index is 6.28. The van der Waals surface area contributed by atoms with Gasteiger partial charge in [-0.15, -0.1) is 0 Å². The molecule has 1 N–H and O–H groups in total. The van der Waals surface area contributed by atoms with Gasteiger partial charge in [-0.05, 0) is 38.3 Å². The van der Waals surface area contributed by atoms with E-state index in [-0.39, 0.29) is 5.54 Å². The Balaban J connectivity index is 1.80. The van der Waals surface area contributed by atoms with Crippen molar-refractivity contribution < 1.29 is 0 Å².